The largest absolute Gasteiger partial charge is 0.481 e. The summed E-state index contributed by atoms with van der Waals surface area (Å²) in [6.45, 7) is 5.15. The van der Waals surface area contributed by atoms with Gasteiger partial charge in [0, 0.05) is 16.6 Å². The van der Waals surface area contributed by atoms with Crippen LogP contribution in [0.25, 0.3) is 0 Å². The molecule has 2 atom stereocenters. The predicted octanol–water partition coefficient (Wildman–Crippen LogP) is 0.940. The van der Waals surface area contributed by atoms with Gasteiger partial charge in [-0.3, -0.25) is 13.8 Å². The van der Waals surface area contributed by atoms with E-state index in [2.05, 4.69) is 0 Å². The lowest BCUT2D eigenvalue weighted by molar-refractivity contribution is -0.147. The molecule has 0 aliphatic heterocycles. The summed E-state index contributed by atoms with van der Waals surface area (Å²) in [5.74, 6) is -1.54. The minimum absolute atomic E-state index is 0.0129. The molecule has 94 valence electrons. The molecule has 16 heavy (non-hydrogen) atoms. The molecule has 0 aromatic rings. The zero-order valence-electron chi connectivity index (χ0n) is 9.76. The van der Waals surface area contributed by atoms with Crippen molar-refractivity contribution in [1.82, 2.24) is 0 Å². The Labute approximate surface area is 97.6 Å². The average molecular weight is 250 g/mol. The van der Waals surface area contributed by atoms with Crippen molar-refractivity contribution in [3.8, 4) is 0 Å². The van der Waals surface area contributed by atoms with E-state index >= 15 is 0 Å². The van der Waals surface area contributed by atoms with Gasteiger partial charge in [0.2, 0.25) is 0 Å². The molecule has 1 N–H and O–H groups in total. The molecule has 0 aromatic carbocycles. The van der Waals surface area contributed by atoms with Gasteiger partial charge in [0.1, 0.15) is 5.25 Å². The van der Waals surface area contributed by atoms with Gasteiger partial charge in [0.25, 0.3) is 0 Å². The van der Waals surface area contributed by atoms with E-state index in [1.165, 1.54) is 0 Å². The Morgan fingerprint density at radius 2 is 1.94 bits per heavy atom. The minimum atomic E-state index is -1.48. The number of hydrogen-bond acceptors (Lipinski definition) is 4. The fourth-order valence-electron chi connectivity index (χ4n) is 1.10. The van der Waals surface area contributed by atoms with Gasteiger partial charge in [-0.15, -0.1) is 0 Å². The fourth-order valence-corrected chi connectivity index (χ4v) is 2.40. The zero-order valence-corrected chi connectivity index (χ0v) is 10.6. The smallest absolute Gasteiger partial charge is 0.321 e. The lowest BCUT2D eigenvalue weighted by atomic mass is 10.3. The number of aliphatic carboxylic acids is 1. The topological polar surface area (TPSA) is 80.7 Å². The molecule has 2 unspecified atom stereocenters. The molecule has 0 amide bonds. The van der Waals surface area contributed by atoms with Crippen LogP contribution in [0, 0.1) is 0 Å². The highest BCUT2D eigenvalue weighted by molar-refractivity contribution is 7.86. The van der Waals surface area contributed by atoms with Crippen LogP contribution in [-0.4, -0.2) is 38.4 Å². The van der Waals surface area contributed by atoms with E-state index in [9.17, 15) is 13.8 Å². The first-order valence-corrected chi connectivity index (χ1v) is 6.56. The van der Waals surface area contributed by atoms with E-state index < -0.39 is 28.0 Å². The van der Waals surface area contributed by atoms with Crippen molar-refractivity contribution >= 4 is 22.7 Å². The Morgan fingerprint density at radius 3 is 2.31 bits per heavy atom. The molecule has 0 saturated carbocycles. The number of ether oxygens (including phenoxy) is 1. The number of hydrogen-bond donors (Lipinski definition) is 1. The van der Waals surface area contributed by atoms with E-state index in [4.69, 9.17) is 9.84 Å². The molecule has 0 aliphatic rings. The second-order valence-corrected chi connectivity index (χ2v) is 5.35. The lowest BCUT2D eigenvalue weighted by Crippen LogP contribution is -2.31. The van der Waals surface area contributed by atoms with Gasteiger partial charge in [-0.25, -0.2) is 0 Å². The van der Waals surface area contributed by atoms with E-state index in [-0.39, 0.29) is 18.3 Å². The van der Waals surface area contributed by atoms with Crippen molar-refractivity contribution in [2.24, 2.45) is 0 Å². The highest BCUT2D eigenvalue weighted by atomic mass is 32.2. The van der Waals surface area contributed by atoms with E-state index in [1.54, 1.807) is 20.8 Å². The Hall–Kier alpha value is -0.910. The average Bonchev–Trinajstić information content (AvgIpc) is 2.14. The van der Waals surface area contributed by atoms with Crippen LogP contribution in [0.15, 0.2) is 0 Å². The van der Waals surface area contributed by atoms with Gasteiger partial charge in [0.05, 0.1) is 12.5 Å². The maximum Gasteiger partial charge on any atom is 0.321 e. The summed E-state index contributed by atoms with van der Waals surface area (Å²) in [7, 11) is -1.48. The Balaban J connectivity index is 4.31. The molecular formula is C10H18O5S. The molecule has 0 heterocycles. The summed E-state index contributed by atoms with van der Waals surface area (Å²) >= 11 is 0. The molecule has 0 spiro atoms. The number of rotatable bonds is 7. The molecule has 0 aromatic heterocycles. The maximum absolute atomic E-state index is 11.6. The van der Waals surface area contributed by atoms with Crippen LogP contribution in [0.5, 0.6) is 0 Å². The zero-order chi connectivity index (χ0) is 12.7. The van der Waals surface area contributed by atoms with Crippen molar-refractivity contribution in [2.75, 3.05) is 5.75 Å². The van der Waals surface area contributed by atoms with Crippen molar-refractivity contribution < 1.29 is 23.6 Å². The van der Waals surface area contributed by atoms with Crippen LogP contribution < -0.4 is 0 Å². The van der Waals surface area contributed by atoms with Crippen LogP contribution in [0.2, 0.25) is 0 Å². The van der Waals surface area contributed by atoms with Crippen LogP contribution in [0.4, 0.5) is 0 Å². The second-order valence-electron chi connectivity index (χ2n) is 3.61. The normalized spacial score (nSPS) is 14.5. The van der Waals surface area contributed by atoms with Crippen LogP contribution in [0.3, 0.4) is 0 Å². The van der Waals surface area contributed by atoms with E-state index in [0.29, 0.717) is 6.42 Å². The van der Waals surface area contributed by atoms with Crippen molar-refractivity contribution in [1.29, 1.82) is 0 Å². The molecule has 6 heteroatoms. The minimum Gasteiger partial charge on any atom is -0.481 e. The van der Waals surface area contributed by atoms with Crippen LogP contribution in [0.1, 0.15) is 33.6 Å². The number of carbonyl (C=O) groups excluding carboxylic acids is 1. The number of carboxylic acid groups (broad SMARTS) is 1. The van der Waals surface area contributed by atoms with E-state index in [1.807, 2.05) is 0 Å². The van der Waals surface area contributed by atoms with Crippen molar-refractivity contribution in [3.05, 3.63) is 0 Å². The van der Waals surface area contributed by atoms with Gasteiger partial charge in [0.15, 0.2) is 0 Å². The third kappa shape index (κ3) is 5.85. The highest BCUT2D eigenvalue weighted by Crippen LogP contribution is 2.08. The van der Waals surface area contributed by atoms with Crippen LogP contribution >= 0.6 is 0 Å². The highest BCUT2D eigenvalue weighted by Gasteiger charge is 2.25. The third-order valence-corrected chi connectivity index (χ3v) is 3.59. The van der Waals surface area contributed by atoms with Gasteiger partial charge in [-0.05, 0) is 20.3 Å². The first-order chi connectivity index (χ1) is 7.38. The van der Waals surface area contributed by atoms with Gasteiger partial charge >= 0.3 is 11.9 Å². The second kappa shape index (κ2) is 7.38. The molecular weight excluding hydrogens is 232 g/mol. The van der Waals surface area contributed by atoms with Crippen molar-refractivity contribution in [3.63, 3.8) is 0 Å². The fraction of sp³-hybridized carbons (Fsp3) is 0.800. The van der Waals surface area contributed by atoms with Gasteiger partial charge < -0.3 is 9.84 Å². The number of esters is 1. The summed E-state index contributed by atoms with van der Waals surface area (Å²) in [5, 5.41) is 7.73. The summed E-state index contributed by atoms with van der Waals surface area (Å²) in [6.07, 6.45) is -0.0615. The molecule has 5 nitrogen and oxygen atoms in total. The number of carbonyl (C=O) groups is 2. The molecule has 0 aliphatic carbocycles. The molecule has 0 rings (SSSR count). The first kappa shape index (κ1) is 15.1. The number of carboxylic acids is 1. The van der Waals surface area contributed by atoms with Crippen LogP contribution in [-0.2, 0) is 25.1 Å². The maximum atomic E-state index is 11.6. The van der Waals surface area contributed by atoms with Gasteiger partial charge in [-0.1, -0.05) is 6.92 Å². The quantitative estimate of drug-likeness (QED) is 0.680. The standard InChI is InChI=1S/C10H18O5S/c1-4-8(10(13)15-7(2)3)16(14)6-5-9(11)12/h7-8H,4-6H2,1-3H3,(H,11,12). The summed E-state index contributed by atoms with van der Waals surface area (Å²) in [6, 6.07) is 0. The monoisotopic (exact) mass is 250 g/mol. The van der Waals surface area contributed by atoms with Crippen molar-refractivity contribution in [2.45, 2.75) is 45.0 Å². The predicted molar refractivity (Wildman–Crippen MR) is 60.6 cm³/mol. The Bertz CT molecular complexity index is 274. The first-order valence-electron chi connectivity index (χ1n) is 5.18. The summed E-state index contributed by atoms with van der Waals surface area (Å²) in [5.41, 5.74) is 0. The van der Waals surface area contributed by atoms with Gasteiger partial charge in [-0.2, -0.15) is 0 Å². The Kier molecular flexibility index (Phi) is 6.96. The molecule has 0 radical (unpaired) electrons. The molecule has 0 saturated heterocycles. The molecule has 0 fully saturated rings. The molecule has 0 bridgehead atoms. The lowest BCUT2D eigenvalue weighted by Gasteiger charge is -2.15. The summed E-state index contributed by atoms with van der Waals surface area (Å²) < 4.78 is 16.6. The third-order valence-electron chi connectivity index (χ3n) is 1.82. The SMILES string of the molecule is CCC(C(=O)OC(C)C)S(=O)CCC(=O)O. The summed E-state index contributed by atoms with van der Waals surface area (Å²) in [4.78, 5) is 21.8. The van der Waals surface area contributed by atoms with E-state index in [0.717, 1.165) is 0 Å². The Morgan fingerprint density at radius 1 is 1.38 bits per heavy atom.